The van der Waals surface area contributed by atoms with E-state index >= 15 is 0 Å². The van der Waals surface area contributed by atoms with Crippen LogP contribution in [0.2, 0.25) is 5.02 Å². The lowest BCUT2D eigenvalue weighted by molar-refractivity contribution is -0.137. The average Bonchev–Trinajstić information content (AvgIpc) is 2.96. The minimum absolute atomic E-state index is 0.114. The van der Waals surface area contributed by atoms with Gasteiger partial charge in [0.15, 0.2) is 5.78 Å². The second-order valence-electron chi connectivity index (χ2n) is 8.31. The smallest absolute Gasteiger partial charge is 0.372 e. The highest BCUT2D eigenvalue weighted by Crippen LogP contribution is 2.45. The van der Waals surface area contributed by atoms with Crippen LogP contribution in [0, 0.1) is 0 Å². The van der Waals surface area contributed by atoms with Gasteiger partial charge in [0.1, 0.15) is 0 Å². The van der Waals surface area contributed by atoms with Crippen molar-refractivity contribution in [3.63, 3.8) is 0 Å². The van der Waals surface area contributed by atoms with Gasteiger partial charge in [0, 0.05) is 22.7 Å². The van der Waals surface area contributed by atoms with E-state index in [9.17, 15) is 18.0 Å². The molecule has 33 heavy (non-hydrogen) atoms. The van der Waals surface area contributed by atoms with Gasteiger partial charge in [-0.15, -0.1) is 0 Å². The molecule has 0 amide bonds. The topological polar surface area (TPSA) is 41.1 Å². The third-order valence-electron chi connectivity index (χ3n) is 6.20. The molecule has 0 saturated carbocycles. The van der Waals surface area contributed by atoms with Crippen molar-refractivity contribution in [3.05, 3.63) is 106 Å². The number of hydrogen-bond donors (Lipinski definition) is 2. The standard InChI is InChI=1S/C26H20ClF3N2O/c27-19-9-2-1-8-18(19)16-13-22-24(23(33)14-16)25(32-21-11-4-3-10-20(21)31-22)15-6-5-7-17(12-15)26(28,29)30/h1-12,16,25,31-32H,13-14H2. The molecule has 0 spiro atoms. The molecule has 0 radical (unpaired) electrons. The zero-order valence-electron chi connectivity index (χ0n) is 17.4. The third kappa shape index (κ3) is 4.11. The maximum absolute atomic E-state index is 13.5. The molecule has 2 unspecified atom stereocenters. The summed E-state index contributed by atoms with van der Waals surface area (Å²) >= 11 is 6.41. The number of halogens is 4. The monoisotopic (exact) mass is 468 g/mol. The van der Waals surface area contributed by atoms with Gasteiger partial charge in [-0.2, -0.15) is 13.2 Å². The lowest BCUT2D eigenvalue weighted by atomic mass is 9.78. The van der Waals surface area contributed by atoms with E-state index in [1.165, 1.54) is 6.07 Å². The molecular weight excluding hydrogens is 449 g/mol. The Hall–Kier alpha value is -3.25. The van der Waals surface area contributed by atoms with Gasteiger partial charge in [0.2, 0.25) is 0 Å². The summed E-state index contributed by atoms with van der Waals surface area (Å²) in [5.74, 6) is -0.235. The molecule has 1 heterocycles. The zero-order chi connectivity index (χ0) is 23.2. The molecule has 2 aliphatic rings. The first-order chi connectivity index (χ1) is 15.8. The van der Waals surface area contributed by atoms with E-state index in [1.807, 2.05) is 42.5 Å². The Morgan fingerprint density at radius 1 is 0.879 bits per heavy atom. The first-order valence-electron chi connectivity index (χ1n) is 10.6. The van der Waals surface area contributed by atoms with E-state index in [0.717, 1.165) is 29.1 Å². The molecule has 1 aliphatic carbocycles. The number of fused-ring (bicyclic) bond motifs is 1. The average molecular weight is 469 g/mol. The van der Waals surface area contributed by atoms with Crippen LogP contribution >= 0.6 is 11.6 Å². The largest absolute Gasteiger partial charge is 0.416 e. The molecule has 2 N–H and O–H groups in total. The fourth-order valence-electron chi connectivity index (χ4n) is 4.66. The number of alkyl halides is 3. The molecule has 0 bridgehead atoms. The molecule has 0 aromatic heterocycles. The Kier molecular flexibility index (Phi) is 5.41. The highest BCUT2D eigenvalue weighted by atomic mass is 35.5. The summed E-state index contributed by atoms with van der Waals surface area (Å²) in [6, 6.07) is 19.3. The van der Waals surface area contributed by atoms with Crippen molar-refractivity contribution in [3.8, 4) is 0 Å². The number of hydrogen-bond acceptors (Lipinski definition) is 3. The lowest BCUT2D eigenvalue weighted by Gasteiger charge is -2.30. The molecule has 0 saturated heterocycles. The number of allylic oxidation sites excluding steroid dienone is 1. The number of anilines is 2. The van der Waals surface area contributed by atoms with Crippen molar-refractivity contribution >= 4 is 28.8 Å². The number of ketones is 1. The van der Waals surface area contributed by atoms with E-state index < -0.39 is 17.8 Å². The van der Waals surface area contributed by atoms with Gasteiger partial charge in [-0.1, -0.05) is 54.1 Å². The molecule has 1 aliphatic heterocycles. The predicted molar refractivity (Wildman–Crippen MR) is 123 cm³/mol. The third-order valence-corrected chi connectivity index (χ3v) is 6.55. The fourth-order valence-corrected chi connectivity index (χ4v) is 4.95. The van der Waals surface area contributed by atoms with Crippen LogP contribution < -0.4 is 10.6 Å². The van der Waals surface area contributed by atoms with Gasteiger partial charge < -0.3 is 10.6 Å². The van der Waals surface area contributed by atoms with E-state index in [1.54, 1.807) is 12.1 Å². The first kappa shape index (κ1) is 21.6. The van der Waals surface area contributed by atoms with Gasteiger partial charge in [-0.25, -0.2) is 0 Å². The second kappa shape index (κ2) is 8.27. The Morgan fingerprint density at radius 2 is 1.61 bits per heavy atom. The van der Waals surface area contributed by atoms with Crippen LogP contribution in [-0.2, 0) is 11.0 Å². The number of para-hydroxylation sites is 2. The Labute approximate surface area is 194 Å². The van der Waals surface area contributed by atoms with Gasteiger partial charge in [-0.3, -0.25) is 4.79 Å². The van der Waals surface area contributed by atoms with Crippen molar-refractivity contribution in [1.82, 2.24) is 0 Å². The molecule has 3 aromatic carbocycles. The minimum atomic E-state index is -4.47. The second-order valence-corrected chi connectivity index (χ2v) is 8.72. The number of rotatable bonds is 2. The highest BCUT2D eigenvalue weighted by Gasteiger charge is 2.37. The number of carbonyl (C=O) groups is 1. The summed E-state index contributed by atoms with van der Waals surface area (Å²) in [5.41, 5.74) is 3.20. The number of benzene rings is 3. The van der Waals surface area contributed by atoms with Crippen LogP contribution in [-0.4, -0.2) is 5.78 Å². The predicted octanol–water partition coefficient (Wildman–Crippen LogP) is 7.34. The molecule has 3 nitrogen and oxygen atoms in total. The van der Waals surface area contributed by atoms with Crippen molar-refractivity contribution in [2.24, 2.45) is 0 Å². The van der Waals surface area contributed by atoms with E-state index in [2.05, 4.69) is 10.6 Å². The molecular formula is C26H20ClF3N2O. The van der Waals surface area contributed by atoms with Crippen LogP contribution in [0.4, 0.5) is 24.5 Å². The number of carbonyl (C=O) groups excluding carboxylic acids is 1. The van der Waals surface area contributed by atoms with Gasteiger partial charge in [0.25, 0.3) is 0 Å². The fraction of sp³-hybridized carbons (Fsp3) is 0.192. The van der Waals surface area contributed by atoms with E-state index in [-0.39, 0.29) is 18.1 Å². The summed E-state index contributed by atoms with van der Waals surface area (Å²) in [6.07, 6.45) is -3.71. The van der Waals surface area contributed by atoms with Crippen LogP contribution in [0.25, 0.3) is 0 Å². The normalized spacial score (nSPS) is 20.3. The lowest BCUT2D eigenvalue weighted by Crippen LogP contribution is -2.27. The van der Waals surface area contributed by atoms with Crippen molar-refractivity contribution in [2.45, 2.75) is 31.0 Å². The molecule has 3 aromatic rings. The van der Waals surface area contributed by atoms with Crippen LogP contribution in [0.5, 0.6) is 0 Å². The SMILES string of the molecule is O=C1CC(c2ccccc2Cl)CC2=C1C(c1cccc(C(F)(F)F)c1)Nc1ccccc1N2. The van der Waals surface area contributed by atoms with Crippen molar-refractivity contribution in [1.29, 1.82) is 0 Å². The molecule has 7 heteroatoms. The summed E-state index contributed by atoms with van der Waals surface area (Å²) in [6.45, 7) is 0. The Morgan fingerprint density at radius 3 is 2.36 bits per heavy atom. The van der Waals surface area contributed by atoms with Crippen LogP contribution in [0.1, 0.15) is 41.5 Å². The quantitative estimate of drug-likeness (QED) is 0.413. The summed E-state index contributed by atoms with van der Waals surface area (Å²) in [5, 5.41) is 7.30. The zero-order valence-corrected chi connectivity index (χ0v) is 18.2. The Balaban J connectivity index is 1.63. The summed E-state index contributed by atoms with van der Waals surface area (Å²) in [4.78, 5) is 13.5. The molecule has 2 atom stereocenters. The minimum Gasteiger partial charge on any atom is -0.372 e. The summed E-state index contributed by atoms with van der Waals surface area (Å²) in [7, 11) is 0. The molecule has 168 valence electrons. The highest BCUT2D eigenvalue weighted by molar-refractivity contribution is 6.31. The van der Waals surface area contributed by atoms with E-state index in [0.29, 0.717) is 28.3 Å². The van der Waals surface area contributed by atoms with Crippen LogP contribution in [0.15, 0.2) is 84.1 Å². The van der Waals surface area contributed by atoms with Gasteiger partial charge in [0.05, 0.1) is 23.0 Å². The number of Topliss-reactive ketones (excluding diaryl/α,β-unsaturated/α-hetero) is 1. The molecule has 0 fully saturated rings. The number of nitrogens with one attached hydrogen (secondary N) is 2. The van der Waals surface area contributed by atoms with Crippen molar-refractivity contribution in [2.75, 3.05) is 10.6 Å². The maximum Gasteiger partial charge on any atom is 0.416 e. The molecule has 5 rings (SSSR count). The Bertz CT molecular complexity index is 1270. The van der Waals surface area contributed by atoms with Crippen molar-refractivity contribution < 1.29 is 18.0 Å². The van der Waals surface area contributed by atoms with Crippen LogP contribution in [0.3, 0.4) is 0 Å². The maximum atomic E-state index is 13.5. The first-order valence-corrected chi connectivity index (χ1v) is 11.0. The van der Waals surface area contributed by atoms with E-state index in [4.69, 9.17) is 11.6 Å². The van der Waals surface area contributed by atoms with Gasteiger partial charge >= 0.3 is 6.18 Å². The van der Waals surface area contributed by atoms with Gasteiger partial charge in [-0.05, 0) is 53.8 Å². The summed E-state index contributed by atoms with van der Waals surface area (Å²) < 4.78 is 40.2.